The summed E-state index contributed by atoms with van der Waals surface area (Å²) in [5.74, 6) is -0.395. The van der Waals surface area contributed by atoms with E-state index in [1.807, 2.05) is 0 Å². The minimum atomic E-state index is -3.61. The average molecular weight is 467 g/mol. The highest BCUT2D eigenvalue weighted by Gasteiger charge is 2.27. The maximum Gasteiger partial charge on any atom is 0.248 e. The standard InChI is InChI=1S/C22H24Cl2N2O3S/c1-16-9-11-18(15-20(16)30(28,29)26-13-4-2-3-5-14-26)25-21(27)12-10-17-7-6-8-19(23)22(17)24/h6-12,15H,2-5,13-14H2,1H3,(H,25,27). The monoisotopic (exact) mass is 466 g/mol. The fourth-order valence-electron chi connectivity index (χ4n) is 3.38. The van der Waals surface area contributed by atoms with Gasteiger partial charge >= 0.3 is 0 Å². The minimum Gasteiger partial charge on any atom is -0.322 e. The highest BCUT2D eigenvalue weighted by molar-refractivity contribution is 7.89. The van der Waals surface area contributed by atoms with Crippen LogP contribution in [0.3, 0.4) is 0 Å². The van der Waals surface area contributed by atoms with Crippen LogP contribution in [0.4, 0.5) is 5.69 Å². The van der Waals surface area contributed by atoms with Crippen molar-refractivity contribution in [3.8, 4) is 0 Å². The Labute approximate surface area is 187 Å². The van der Waals surface area contributed by atoms with Gasteiger partial charge in [0.2, 0.25) is 15.9 Å². The second kappa shape index (κ2) is 9.96. The van der Waals surface area contributed by atoms with Crippen molar-refractivity contribution in [1.29, 1.82) is 0 Å². The van der Waals surface area contributed by atoms with Gasteiger partial charge in [-0.3, -0.25) is 4.79 Å². The lowest BCUT2D eigenvalue weighted by Crippen LogP contribution is -2.32. The van der Waals surface area contributed by atoms with E-state index in [0.29, 0.717) is 39.9 Å². The molecule has 0 unspecified atom stereocenters. The van der Waals surface area contributed by atoms with Crippen LogP contribution in [0.1, 0.15) is 36.8 Å². The summed E-state index contributed by atoms with van der Waals surface area (Å²) in [7, 11) is -3.61. The molecule has 0 radical (unpaired) electrons. The van der Waals surface area contributed by atoms with Gasteiger partial charge in [-0.1, -0.05) is 54.2 Å². The van der Waals surface area contributed by atoms with Crippen molar-refractivity contribution in [3.63, 3.8) is 0 Å². The maximum atomic E-state index is 13.2. The van der Waals surface area contributed by atoms with Crippen LogP contribution < -0.4 is 5.32 Å². The van der Waals surface area contributed by atoms with Crippen molar-refractivity contribution >= 4 is 50.9 Å². The van der Waals surface area contributed by atoms with Crippen LogP contribution in [0.15, 0.2) is 47.4 Å². The summed E-state index contributed by atoms with van der Waals surface area (Å²) < 4.78 is 27.9. The number of hydrogen-bond acceptors (Lipinski definition) is 3. The topological polar surface area (TPSA) is 66.5 Å². The molecule has 0 aromatic heterocycles. The predicted molar refractivity (Wildman–Crippen MR) is 123 cm³/mol. The van der Waals surface area contributed by atoms with Gasteiger partial charge in [0.25, 0.3) is 0 Å². The van der Waals surface area contributed by atoms with Crippen LogP contribution in [0, 0.1) is 6.92 Å². The molecular formula is C22H24Cl2N2O3S. The third-order valence-corrected chi connectivity index (χ3v) is 7.91. The van der Waals surface area contributed by atoms with Gasteiger partial charge in [0.1, 0.15) is 0 Å². The molecule has 30 heavy (non-hydrogen) atoms. The molecular weight excluding hydrogens is 443 g/mol. The first-order chi connectivity index (χ1) is 14.3. The molecule has 1 amide bonds. The Hall–Kier alpha value is -1.86. The first-order valence-corrected chi connectivity index (χ1v) is 12.0. The molecule has 0 bridgehead atoms. The third-order valence-electron chi connectivity index (χ3n) is 5.03. The van der Waals surface area contributed by atoms with E-state index in [1.54, 1.807) is 47.6 Å². The molecule has 0 spiro atoms. The highest BCUT2D eigenvalue weighted by atomic mass is 35.5. The number of sulfonamides is 1. The molecule has 1 aliphatic heterocycles. The van der Waals surface area contributed by atoms with E-state index in [1.165, 1.54) is 12.1 Å². The van der Waals surface area contributed by atoms with Crippen molar-refractivity contribution in [2.75, 3.05) is 18.4 Å². The van der Waals surface area contributed by atoms with Gasteiger partial charge < -0.3 is 5.32 Å². The zero-order valence-corrected chi connectivity index (χ0v) is 19.0. The Morgan fingerprint density at radius 3 is 2.47 bits per heavy atom. The second-order valence-electron chi connectivity index (χ2n) is 7.26. The van der Waals surface area contributed by atoms with Crippen molar-refractivity contribution < 1.29 is 13.2 Å². The minimum absolute atomic E-state index is 0.226. The molecule has 0 saturated carbocycles. The number of nitrogens with one attached hydrogen (secondary N) is 1. The Morgan fingerprint density at radius 1 is 1.07 bits per heavy atom. The van der Waals surface area contributed by atoms with Crippen molar-refractivity contribution in [2.24, 2.45) is 0 Å². The molecule has 1 fully saturated rings. The lowest BCUT2D eigenvalue weighted by atomic mass is 10.2. The Kier molecular flexibility index (Phi) is 7.58. The summed E-state index contributed by atoms with van der Waals surface area (Å²) in [4.78, 5) is 12.6. The highest BCUT2D eigenvalue weighted by Crippen LogP contribution is 2.27. The summed E-state index contributed by atoms with van der Waals surface area (Å²) in [6.45, 7) is 2.82. The quantitative estimate of drug-likeness (QED) is 0.589. The molecule has 1 N–H and O–H groups in total. The van der Waals surface area contributed by atoms with Crippen LogP contribution in [-0.4, -0.2) is 31.7 Å². The molecule has 1 saturated heterocycles. The number of hydrogen-bond donors (Lipinski definition) is 1. The van der Waals surface area contributed by atoms with E-state index in [4.69, 9.17) is 23.2 Å². The zero-order chi connectivity index (χ0) is 21.7. The van der Waals surface area contributed by atoms with E-state index >= 15 is 0 Å². The van der Waals surface area contributed by atoms with Gasteiger partial charge in [-0.15, -0.1) is 0 Å². The molecule has 3 rings (SSSR count). The smallest absolute Gasteiger partial charge is 0.248 e. The fourth-order valence-corrected chi connectivity index (χ4v) is 5.51. The van der Waals surface area contributed by atoms with Crippen LogP contribution in [0.5, 0.6) is 0 Å². The third kappa shape index (κ3) is 5.43. The Bertz CT molecular complexity index is 1060. The van der Waals surface area contributed by atoms with Gasteiger partial charge in [-0.25, -0.2) is 8.42 Å². The van der Waals surface area contributed by atoms with E-state index in [9.17, 15) is 13.2 Å². The number of carbonyl (C=O) groups is 1. The molecule has 1 aliphatic rings. The van der Waals surface area contributed by atoms with Crippen molar-refractivity contribution in [1.82, 2.24) is 4.31 Å². The maximum absolute atomic E-state index is 13.2. The van der Waals surface area contributed by atoms with Crippen molar-refractivity contribution in [3.05, 3.63) is 63.6 Å². The fraction of sp³-hybridized carbons (Fsp3) is 0.318. The first-order valence-electron chi connectivity index (χ1n) is 9.83. The second-order valence-corrected chi connectivity index (χ2v) is 9.96. The number of amides is 1. The SMILES string of the molecule is Cc1ccc(NC(=O)C=Cc2cccc(Cl)c2Cl)cc1S(=O)(=O)N1CCCCCC1. The molecule has 0 aliphatic carbocycles. The van der Waals surface area contributed by atoms with Gasteiger partial charge in [-0.05, 0) is 55.2 Å². The first kappa shape index (κ1) is 22.8. The lowest BCUT2D eigenvalue weighted by Gasteiger charge is -2.21. The van der Waals surface area contributed by atoms with Gasteiger partial charge in [0.05, 0.1) is 14.9 Å². The number of aryl methyl sites for hydroxylation is 1. The molecule has 2 aromatic rings. The predicted octanol–water partition coefficient (Wildman–Crippen LogP) is 5.52. The summed E-state index contributed by atoms with van der Waals surface area (Å²) >= 11 is 12.1. The van der Waals surface area contributed by atoms with Crippen LogP contribution in [0.2, 0.25) is 10.0 Å². The summed E-state index contributed by atoms with van der Waals surface area (Å²) in [5, 5.41) is 3.49. The average Bonchev–Trinajstić information content (AvgIpc) is 3.00. The summed E-state index contributed by atoms with van der Waals surface area (Å²) in [5.41, 5.74) is 1.69. The summed E-state index contributed by atoms with van der Waals surface area (Å²) in [6.07, 6.45) is 6.72. The molecule has 1 heterocycles. The number of rotatable bonds is 5. The van der Waals surface area contributed by atoms with E-state index < -0.39 is 15.9 Å². The van der Waals surface area contributed by atoms with Gasteiger partial charge in [-0.2, -0.15) is 4.31 Å². The number of carbonyl (C=O) groups excluding carboxylic acids is 1. The van der Waals surface area contributed by atoms with E-state index in [0.717, 1.165) is 25.7 Å². The van der Waals surface area contributed by atoms with Crippen LogP contribution in [-0.2, 0) is 14.8 Å². The largest absolute Gasteiger partial charge is 0.322 e. The Balaban J connectivity index is 1.78. The molecule has 8 heteroatoms. The molecule has 2 aromatic carbocycles. The van der Waals surface area contributed by atoms with Gasteiger partial charge in [0.15, 0.2) is 0 Å². The lowest BCUT2D eigenvalue weighted by molar-refractivity contribution is -0.111. The van der Waals surface area contributed by atoms with Crippen molar-refractivity contribution in [2.45, 2.75) is 37.5 Å². The summed E-state index contributed by atoms with van der Waals surface area (Å²) in [6, 6.07) is 10.1. The van der Waals surface area contributed by atoms with Gasteiger partial charge in [0, 0.05) is 24.9 Å². The van der Waals surface area contributed by atoms with Crippen LogP contribution in [0.25, 0.3) is 6.08 Å². The Morgan fingerprint density at radius 2 is 1.77 bits per heavy atom. The van der Waals surface area contributed by atoms with E-state index in [2.05, 4.69) is 5.32 Å². The molecule has 160 valence electrons. The molecule has 0 atom stereocenters. The zero-order valence-electron chi connectivity index (χ0n) is 16.7. The van der Waals surface area contributed by atoms with Crippen LogP contribution >= 0.6 is 23.2 Å². The number of halogens is 2. The van der Waals surface area contributed by atoms with E-state index in [-0.39, 0.29) is 4.90 Å². The number of anilines is 1. The number of nitrogens with zero attached hydrogens (tertiary/aromatic N) is 1. The normalized spacial score (nSPS) is 15.8. The number of benzene rings is 2. The molecule has 5 nitrogen and oxygen atoms in total.